The number of rotatable bonds is 5. The van der Waals surface area contributed by atoms with Crippen LogP contribution in [0.2, 0.25) is 0 Å². The summed E-state index contributed by atoms with van der Waals surface area (Å²) in [4.78, 5) is 25.7. The SMILES string of the molecule is O=C(O[C@@H]1[C@@H](OC(=O)c2ccc(F)cc2)[C@@H](F)O[C@@H]2COC(c3ccc(F)cc3)O[C@H]12)c1ccc(F)cc1. The number of alkyl halides is 1. The Bertz CT molecular complexity index is 1280. The average molecular weight is 532 g/mol. The highest BCUT2D eigenvalue weighted by Crippen LogP contribution is 2.37. The molecule has 0 radical (unpaired) electrons. The van der Waals surface area contributed by atoms with Gasteiger partial charge in [-0.2, -0.15) is 0 Å². The van der Waals surface area contributed by atoms with E-state index in [1.807, 2.05) is 0 Å². The molecule has 0 bridgehead atoms. The van der Waals surface area contributed by atoms with Gasteiger partial charge < -0.3 is 23.7 Å². The van der Waals surface area contributed by atoms with E-state index in [0.717, 1.165) is 36.4 Å². The fourth-order valence-corrected chi connectivity index (χ4v) is 4.14. The number of fused-ring (bicyclic) bond motifs is 1. The maximum Gasteiger partial charge on any atom is 0.338 e. The molecule has 0 aliphatic carbocycles. The van der Waals surface area contributed by atoms with E-state index >= 15 is 4.39 Å². The lowest BCUT2D eigenvalue weighted by molar-refractivity contribution is -0.341. The van der Waals surface area contributed by atoms with Gasteiger partial charge in [0.2, 0.25) is 6.36 Å². The maximum absolute atomic E-state index is 15.2. The van der Waals surface area contributed by atoms with Gasteiger partial charge in [0.1, 0.15) is 29.7 Å². The lowest BCUT2D eigenvalue weighted by Crippen LogP contribution is -2.62. The largest absolute Gasteiger partial charge is 0.452 e. The number of ether oxygens (including phenoxy) is 5. The first kappa shape index (κ1) is 25.8. The number of hydrogen-bond acceptors (Lipinski definition) is 7. The van der Waals surface area contributed by atoms with E-state index in [4.69, 9.17) is 23.7 Å². The van der Waals surface area contributed by atoms with Crippen molar-refractivity contribution < 1.29 is 50.8 Å². The van der Waals surface area contributed by atoms with Crippen molar-refractivity contribution in [2.75, 3.05) is 6.61 Å². The minimum Gasteiger partial charge on any atom is -0.452 e. The van der Waals surface area contributed by atoms with E-state index in [-0.39, 0.29) is 17.7 Å². The Morgan fingerprint density at radius 3 is 1.68 bits per heavy atom. The van der Waals surface area contributed by atoms with Crippen LogP contribution in [0.3, 0.4) is 0 Å². The molecule has 0 aromatic heterocycles. The van der Waals surface area contributed by atoms with Crippen molar-refractivity contribution in [2.45, 2.75) is 37.1 Å². The Hall–Kier alpha value is -3.80. The zero-order valence-electron chi connectivity index (χ0n) is 19.5. The van der Waals surface area contributed by atoms with Gasteiger partial charge in [-0.05, 0) is 60.7 Å². The third-order valence-electron chi connectivity index (χ3n) is 6.06. The molecule has 2 aliphatic rings. The Balaban J connectivity index is 1.43. The fourth-order valence-electron chi connectivity index (χ4n) is 4.14. The fraction of sp³-hybridized carbons (Fsp3) is 0.259. The van der Waals surface area contributed by atoms with Crippen LogP contribution in [0.1, 0.15) is 32.6 Å². The Morgan fingerprint density at radius 1 is 0.684 bits per heavy atom. The molecule has 3 aromatic carbocycles. The van der Waals surface area contributed by atoms with Crippen LogP contribution in [0.15, 0.2) is 72.8 Å². The van der Waals surface area contributed by atoms with Crippen molar-refractivity contribution in [3.05, 3.63) is 107 Å². The van der Waals surface area contributed by atoms with Crippen molar-refractivity contribution >= 4 is 11.9 Å². The third-order valence-corrected chi connectivity index (χ3v) is 6.06. The minimum absolute atomic E-state index is 0.0457. The molecule has 0 spiro atoms. The molecular weight excluding hydrogens is 512 g/mol. The van der Waals surface area contributed by atoms with Crippen molar-refractivity contribution in [1.82, 2.24) is 0 Å². The maximum atomic E-state index is 15.2. The molecule has 2 heterocycles. The van der Waals surface area contributed by atoms with E-state index in [1.165, 1.54) is 36.4 Å². The lowest BCUT2D eigenvalue weighted by atomic mass is 9.97. The van der Waals surface area contributed by atoms with Crippen LogP contribution in [-0.2, 0) is 23.7 Å². The molecule has 6 atom stereocenters. The van der Waals surface area contributed by atoms with Crippen LogP contribution < -0.4 is 0 Å². The number of hydrogen-bond donors (Lipinski definition) is 0. The van der Waals surface area contributed by atoms with Gasteiger partial charge >= 0.3 is 11.9 Å². The zero-order chi connectivity index (χ0) is 26.8. The molecule has 198 valence electrons. The molecule has 2 saturated heterocycles. The molecule has 5 rings (SSSR count). The van der Waals surface area contributed by atoms with Crippen LogP contribution in [0, 0.1) is 17.5 Å². The molecule has 2 fully saturated rings. The summed E-state index contributed by atoms with van der Waals surface area (Å²) in [7, 11) is 0. The molecule has 3 aromatic rings. The van der Waals surface area contributed by atoms with Gasteiger partial charge in [0.25, 0.3) is 0 Å². The highest BCUT2D eigenvalue weighted by molar-refractivity contribution is 5.90. The smallest absolute Gasteiger partial charge is 0.338 e. The number of halogens is 4. The second kappa shape index (κ2) is 10.9. The van der Waals surface area contributed by atoms with Crippen LogP contribution in [0.5, 0.6) is 0 Å². The Labute approximate surface area is 213 Å². The first-order valence-electron chi connectivity index (χ1n) is 11.5. The van der Waals surface area contributed by atoms with Gasteiger partial charge in [-0.1, -0.05) is 12.1 Å². The summed E-state index contributed by atoms with van der Waals surface area (Å²) in [6, 6.07) is 14.0. The predicted molar refractivity (Wildman–Crippen MR) is 121 cm³/mol. The predicted octanol–water partition coefficient (Wildman–Crippen LogP) is 4.66. The summed E-state index contributed by atoms with van der Waals surface area (Å²) < 4.78 is 83.1. The number of carbonyl (C=O) groups excluding carboxylic acids is 2. The second-order valence-electron chi connectivity index (χ2n) is 8.60. The normalized spacial score (nSPS) is 26.7. The second-order valence-corrected chi connectivity index (χ2v) is 8.60. The van der Waals surface area contributed by atoms with Gasteiger partial charge in [0.05, 0.1) is 17.7 Å². The van der Waals surface area contributed by atoms with Crippen LogP contribution >= 0.6 is 0 Å². The minimum atomic E-state index is -2.25. The van der Waals surface area contributed by atoms with Crippen molar-refractivity contribution in [1.29, 1.82) is 0 Å². The summed E-state index contributed by atoms with van der Waals surface area (Å²) >= 11 is 0. The summed E-state index contributed by atoms with van der Waals surface area (Å²) in [6.07, 6.45) is -8.87. The lowest BCUT2D eigenvalue weighted by Gasteiger charge is -2.46. The van der Waals surface area contributed by atoms with Crippen molar-refractivity contribution in [3.8, 4) is 0 Å². The highest BCUT2D eigenvalue weighted by atomic mass is 19.1. The van der Waals surface area contributed by atoms with Gasteiger partial charge in [-0.25, -0.2) is 27.2 Å². The number of esters is 2. The quantitative estimate of drug-likeness (QED) is 0.349. The Kier molecular flexibility index (Phi) is 7.41. The Morgan fingerprint density at radius 2 is 1.16 bits per heavy atom. The van der Waals surface area contributed by atoms with E-state index in [0.29, 0.717) is 5.56 Å². The summed E-state index contributed by atoms with van der Waals surface area (Å²) in [6.45, 7) is -0.184. The topological polar surface area (TPSA) is 80.3 Å². The summed E-state index contributed by atoms with van der Waals surface area (Å²) in [5.74, 6) is -3.65. The van der Waals surface area contributed by atoms with Gasteiger partial charge in [-0.15, -0.1) is 0 Å². The average Bonchev–Trinajstić information content (AvgIpc) is 2.91. The van der Waals surface area contributed by atoms with Gasteiger partial charge in [0.15, 0.2) is 18.5 Å². The number of benzene rings is 3. The molecular formula is C27H20F4O7. The molecule has 1 unspecified atom stereocenters. The van der Waals surface area contributed by atoms with E-state index < -0.39 is 66.5 Å². The van der Waals surface area contributed by atoms with E-state index in [1.54, 1.807) is 0 Å². The first-order valence-corrected chi connectivity index (χ1v) is 11.5. The standard InChI is InChI=1S/C27H20F4O7/c28-17-7-1-14(2-8-17)25(32)36-22-21-20(13-34-27(38-21)16-5-11-19(30)12-6-16)35-24(31)23(22)37-26(33)15-3-9-18(29)10-4-15/h1-12,20-24,27H,13H2/t20-,21+,22+,23-,24+,27?/m1/s1. The highest BCUT2D eigenvalue weighted by Gasteiger charge is 2.54. The molecule has 0 amide bonds. The number of carbonyl (C=O) groups is 2. The molecule has 38 heavy (non-hydrogen) atoms. The molecule has 2 aliphatic heterocycles. The van der Waals surface area contributed by atoms with Gasteiger partial charge in [-0.3, -0.25) is 0 Å². The van der Waals surface area contributed by atoms with E-state index in [2.05, 4.69) is 0 Å². The summed E-state index contributed by atoms with van der Waals surface area (Å²) in [5.41, 5.74) is 0.299. The van der Waals surface area contributed by atoms with Gasteiger partial charge in [0, 0.05) is 5.56 Å². The molecule has 7 nitrogen and oxygen atoms in total. The third kappa shape index (κ3) is 5.54. The van der Waals surface area contributed by atoms with Crippen LogP contribution in [0.4, 0.5) is 17.6 Å². The zero-order valence-corrected chi connectivity index (χ0v) is 19.5. The molecule has 11 heteroatoms. The van der Waals surface area contributed by atoms with E-state index in [9.17, 15) is 22.8 Å². The van der Waals surface area contributed by atoms with Crippen LogP contribution in [0.25, 0.3) is 0 Å². The first-order chi connectivity index (χ1) is 18.3. The monoisotopic (exact) mass is 532 g/mol. The van der Waals surface area contributed by atoms with Crippen molar-refractivity contribution in [2.24, 2.45) is 0 Å². The molecule has 0 saturated carbocycles. The van der Waals surface area contributed by atoms with Crippen molar-refractivity contribution in [3.63, 3.8) is 0 Å². The summed E-state index contributed by atoms with van der Waals surface area (Å²) in [5, 5.41) is 0. The van der Waals surface area contributed by atoms with Crippen LogP contribution in [-0.4, -0.2) is 49.3 Å². The molecule has 0 N–H and O–H groups in total.